The van der Waals surface area contributed by atoms with E-state index in [1.807, 2.05) is 12.1 Å². The molecule has 0 spiro atoms. The topological polar surface area (TPSA) is 25.8 Å². The van der Waals surface area contributed by atoms with Gasteiger partial charge in [0.25, 0.3) is 0 Å². The lowest BCUT2D eigenvalue weighted by Crippen LogP contribution is -2.14. The second-order valence-corrected chi connectivity index (χ2v) is 17.7. The van der Waals surface area contributed by atoms with Gasteiger partial charge in [-0.3, -0.25) is 0 Å². The average Bonchev–Trinajstić information content (AvgIpc) is 3.61. The van der Waals surface area contributed by atoms with Gasteiger partial charge in [0.15, 0.2) is 5.82 Å². The summed E-state index contributed by atoms with van der Waals surface area (Å²) in [4.78, 5) is 10.3. The van der Waals surface area contributed by atoms with Crippen molar-refractivity contribution in [3.8, 4) is 89.5 Å². The number of nitrogens with zero attached hydrogens (tertiary/aromatic N) is 2. The van der Waals surface area contributed by atoms with Gasteiger partial charge >= 0.3 is 0 Å². The molecular formula is C63H44N2. The molecule has 306 valence electrons. The van der Waals surface area contributed by atoms with Crippen molar-refractivity contribution in [1.29, 1.82) is 0 Å². The zero-order valence-electron chi connectivity index (χ0n) is 36.3. The van der Waals surface area contributed by atoms with Crippen molar-refractivity contribution in [2.24, 2.45) is 0 Å². The van der Waals surface area contributed by atoms with Gasteiger partial charge in [-0.2, -0.15) is 0 Å². The Morgan fingerprint density at radius 2 is 0.723 bits per heavy atom. The van der Waals surface area contributed by atoms with Crippen molar-refractivity contribution >= 4 is 21.5 Å². The van der Waals surface area contributed by atoms with Crippen LogP contribution in [0.15, 0.2) is 231 Å². The van der Waals surface area contributed by atoms with Gasteiger partial charge in [0.1, 0.15) is 0 Å². The van der Waals surface area contributed by atoms with Crippen LogP contribution in [0.2, 0.25) is 0 Å². The Hall–Kier alpha value is -8.20. The van der Waals surface area contributed by atoms with E-state index in [0.717, 1.165) is 33.6 Å². The Labute approximate surface area is 380 Å². The molecule has 0 fully saturated rings. The third kappa shape index (κ3) is 6.65. The summed E-state index contributed by atoms with van der Waals surface area (Å²) in [5.41, 5.74) is 19.9. The first-order valence-electron chi connectivity index (χ1n) is 22.5. The lowest BCUT2D eigenvalue weighted by Gasteiger charge is -2.22. The van der Waals surface area contributed by atoms with Crippen LogP contribution in [0.1, 0.15) is 25.0 Å². The minimum absolute atomic E-state index is 0.0501. The minimum atomic E-state index is -0.0501. The zero-order valence-corrected chi connectivity index (χ0v) is 36.3. The summed E-state index contributed by atoms with van der Waals surface area (Å²) in [6.07, 6.45) is 0. The van der Waals surface area contributed by atoms with E-state index in [0.29, 0.717) is 5.82 Å². The van der Waals surface area contributed by atoms with E-state index < -0.39 is 0 Å². The first-order chi connectivity index (χ1) is 32.0. The second-order valence-electron chi connectivity index (χ2n) is 17.7. The first kappa shape index (κ1) is 38.5. The Balaban J connectivity index is 0.979. The van der Waals surface area contributed by atoms with Crippen molar-refractivity contribution in [3.05, 3.63) is 242 Å². The van der Waals surface area contributed by atoms with Gasteiger partial charge in [-0.05, 0) is 100 Å². The largest absolute Gasteiger partial charge is 0.228 e. The second kappa shape index (κ2) is 15.6. The fourth-order valence-corrected chi connectivity index (χ4v) is 10.2. The monoisotopic (exact) mass is 828 g/mol. The van der Waals surface area contributed by atoms with E-state index in [2.05, 4.69) is 232 Å². The van der Waals surface area contributed by atoms with Gasteiger partial charge < -0.3 is 0 Å². The smallest absolute Gasteiger partial charge is 0.160 e. The van der Waals surface area contributed by atoms with Crippen LogP contribution in [0.4, 0.5) is 0 Å². The van der Waals surface area contributed by atoms with Gasteiger partial charge in [0, 0.05) is 22.1 Å². The van der Waals surface area contributed by atoms with Crippen LogP contribution in [-0.2, 0) is 5.41 Å². The molecule has 0 saturated carbocycles. The fourth-order valence-electron chi connectivity index (χ4n) is 10.2. The first-order valence-corrected chi connectivity index (χ1v) is 22.5. The van der Waals surface area contributed by atoms with Crippen LogP contribution in [0.25, 0.3) is 111 Å². The standard InChI is InChI=1S/C63H44N2/c1-63(2)56-24-14-13-23-54(56)55-38-35-49(39-57(55)63)41-25-27-44(28-26-41)52-36-33-42-15-9-11-21-50(42)60(52)61-51-22-12-10-16-43(51)34-37-53(61)45-29-31-48(32-30-45)62-64-58(46-17-5-3-6-18-46)40-59(65-62)47-19-7-4-8-20-47/h3-40H,1-2H3. The number of fused-ring (bicyclic) bond motifs is 5. The highest BCUT2D eigenvalue weighted by molar-refractivity contribution is 6.15. The van der Waals surface area contributed by atoms with E-state index in [1.54, 1.807) is 0 Å². The summed E-state index contributed by atoms with van der Waals surface area (Å²) < 4.78 is 0. The maximum Gasteiger partial charge on any atom is 0.160 e. The lowest BCUT2D eigenvalue weighted by atomic mass is 9.81. The number of hydrogen-bond donors (Lipinski definition) is 0. The van der Waals surface area contributed by atoms with Gasteiger partial charge in [-0.1, -0.05) is 232 Å². The highest BCUT2D eigenvalue weighted by Crippen LogP contribution is 2.50. The SMILES string of the molecule is CC1(C)c2ccccc2-c2ccc(-c3ccc(-c4ccc5ccccc5c4-c4c(-c5ccc(-c6nc(-c7ccccc7)cc(-c7ccccc7)n6)cc5)ccc5ccccc45)cc3)cc21. The molecule has 0 radical (unpaired) electrons. The van der Waals surface area contributed by atoms with E-state index >= 15 is 0 Å². The molecule has 0 bridgehead atoms. The summed E-state index contributed by atoms with van der Waals surface area (Å²) in [7, 11) is 0. The van der Waals surface area contributed by atoms with Crippen molar-refractivity contribution in [2.45, 2.75) is 19.3 Å². The van der Waals surface area contributed by atoms with Crippen molar-refractivity contribution in [2.75, 3.05) is 0 Å². The molecule has 1 aliphatic rings. The van der Waals surface area contributed by atoms with Crippen molar-refractivity contribution in [3.63, 3.8) is 0 Å². The maximum absolute atomic E-state index is 5.13. The maximum atomic E-state index is 5.13. The van der Waals surface area contributed by atoms with Crippen LogP contribution in [-0.4, -0.2) is 9.97 Å². The quantitative estimate of drug-likeness (QED) is 0.160. The van der Waals surface area contributed by atoms with Crippen LogP contribution < -0.4 is 0 Å². The average molecular weight is 829 g/mol. The summed E-state index contributed by atoms with van der Waals surface area (Å²) in [5.74, 6) is 0.698. The lowest BCUT2D eigenvalue weighted by molar-refractivity contribution is 0.660. The van der Waals surface area contributed by atoms with Crippen LogP contribution in [0, 0.1) is 0 Å². The van der Waals surface area contributed by atoms with Gasteiger partial charge in [0.05, 0.1) is 11.4 Å². The molecule has 0 N–H and O–H groups in total. The molecular weight excluding hydrogens is 785 g/mol. The molecule has 65 heavy (non-hydrogen) atoms. The summed E-state index contributed by atoms with van der Waals surface area (Å²) in [5, 5.41) is 4.86. The molecule has 1 aromatic heterocycles. The molecule has 2 nitrogen and oxygen atoms in total. The Kier molecular flexibility index (Phi) is 9.21. The predicted octanol–water partition coefficient (Wildman–Crippen LogP) is 16.8. The summed E-state index contributed by atoms with van der Waals surface area (Å²) in [6.45, 7) is 4.70. The Morgan fingerprint density at radius 1 is 0.292 bits per heavy atom. The van der Waals surface area contributed by atoms with Gasteiger partial charge in [0.2, 0.25) is 0 Å². The molecule has 0 atom stereocenters. The van der Waals surface area contributed by atoms with E-state index in [1.165, 1.54) is 82.7 Å². The Bertz CT molecular complexity index is 3530. The molecule has 2 heteroatoms. The highest BCUT2D eigenvalue weighted by atomic mass is 14.9. The van der Waals surface area contributed by atoms with Gasteiger partial charge in [-0.15, -0.1) is 0 Å². The third-order valence-corrected chi connectivity index (χ3v) is 13.5. The van der Waals surface area contributed by atoms with E-state index in [-0.39, 0.29) is 5.41 Å². The van der Waals surface area contributed by atoms with E-state index in [4.69, 9.17) is 9.97 Å². The summed E-state index contributed by atoms with van der Waals surface area (Å²) >= 11 is 0. The zero-order chi connectivity index (χ0) is 43.5. The molecule has 10 aromatic carbocycles. The molecule has 0 aliphatic heterocycles. The number of rotatable bonds is 7. The van der Waals surface area contributed by atoms with Crippen LogP contribution in [0.3, 0.4) is 0 Å². The molecule has 1 aliphatic carbocycles. The summed E-state index contributed by atoms with van der Waals surface area (Å²) in [6, 6.07) is 83.5. The molecule has 0 saturated heterocycles. The van der Waals surface area contributed by atoms with Crippen LogP contribution >= 0.6 is 0 Å². The third-order valence-electron chi connectivity index (χ3n) is 13.5. The molecule has 0 amide bonds. The number of benzene rings is 10. The minimum Gasteiger partial charge on any atom is -0.228 e. The molecule has 12 rings (SSSR count). The number of hydrogen-bond acceptors (Lipinski definition) is 2. The number of aromatic nitrogens is 2. The molecule has 11 aromatic rings. The molecule has 1 heterocycles. The van der Waals surface area contributed by atoms with E-state index in [9.17, 15) is 0 Å². The highest BCUT2D eigenvalue weighted by Gasteiger charge is 2.35. The fraction of sp³-hybridized carbons (Fsp3) is 0.0476. The van der Waals surface area contributed by atoms with Crippen LogP contribution in [0.5, 0.6) is 0 Å². The van der Waals surface area contributed by atoms with Crippen molar-refractivity contribution in [1.82, 2.24) is 9.97 Å². The normalized spacial score (nSPS) is 12.6. The predicted molar refractivity (Wildman–Crippen MR) is 273 cm³/mol. The van der Waals surface area contributed by atoms with Gasteiger partial charge in [-0.25, -0.2) is 9.97 Å². The molecule has 0 unspecified atom stereocenters. The van der Waals surface area contributed by atoms with Crippen molar-refractivity contribution < 1.29 is 0 Å². The Morgan fingerprint density at radius 3 is 1.29 bits per heavy atom.